The van der Waals surface area contributed by atoms with Crippen LogP contribution in [0.15, 0.2) is 21.0 Å². The Hall–Kier alpha value is -1.82. The van der Waals surface area contributed by atoms with Crippen LogP contribution in [0, 0.1) is 6.92 Å². The number of aromatic nitrogens is 2. The molecule has 102 valence electrons. The van der Waals surface area contributed by atoms with Gasteiger partial charge in [-0.25, -0.2) is 0 Å². The molecule has 6 nitrogen and oxygen atoms in total. The molecular formula is C13H17N3O3. The normalized spacial score (nSPS) is 19.3. The van der Waals surface area contributed by atoms with Crippen LogP contribution in [0.4, 0.5) is 6.01 Å². The highest BCUT2D eigenvalue weighted by molar-refractivity contribution is 5.32. The van der Waals surface area contributed by atoms with Crippen LogP contribution in [0.1, 0.15) is 36.3 Å². The Balaban J connectivity index is 1.82. The Morgan fingerprint density at radius 1 is 1.37 bits per heavy atom. The van der Waals surface area contributed by atoms with Gasteiger partial charge < -0.3 is 18.5 Å². The fourth-order valence-corrected chi connectivity index (χ4v) is 2.49. The Morgan fingerprint density at radius 3 is 3.00 bits per heavy atom. The van der Waals surface area contributed by atoms with E-state index >= 15 is 0 Å². The third kappa shape index (κ3) is 2.35. The van der Waals surface area contributed by atoms with E-state index in [0.29, 0.717) is 18.5 Å². The van der Waals surface area contributed by atoms with E-state index in [0.717, 1.165) is 30.9 Å². The molecule has 0 radical (unpaired) electrons. The van der Waals surface area contributed by atoms with Crippen LogP contribution >= 0.6 is 0 Å². The molecule has 0 amide bonds. The average Bonchev–Trinajstić information content (AvgIpc) is 3.07. The van der Waals surface area contributed by atoms with Gasteiger partial charge in [-0.3, -0.25) is 0 Å². The van der Waals surface area contributed by atoms with Gasteiger partial charge in [0, 0.05) is 20.6 Å². The van der Waals surface area contributed by atoms with Crippen molar-refractivity contribution in [2.45, 2.75) is 32.4 Å². The third-order valence-corrected chi connectivity index (χ3v) is 3.31. The molecule has 3 heterocycles. The molecule has 0 spiro atoms. The van der Waals surface area contributed by atoms with Crippen LogP contribution in [0.3, 0.4) is 0 Å². The van der Waals surface area contributed by atoms with Crippen LogP contribution in [0.25, 0.3) is 0 Å². The summed E-state index contributed by atoms with van der Waals surface area (Å²) in [6.45, 7) is 3.20. The molecular weight excluding hydrogens is 246 g/mol. The number of hydrogen-bond acceptors (Lipinski definition) is 6. The van der Waals surface area contributed by atoms with Crippen molar-refractivity contribution in [2.75, 3.05) is 18.6 Å². The van der Waals surface area contributed by atoms with E-state index in [9.17, 15) is 0 Å². The lowest BCUT2D eigenvalue weighted by Crippen LogP contribution is -2.22. The second-order valence-corrected chi connectivity index (χ2v) is 4.69. The summed E-state index contributed by atoms with van der Waals surface area (Å²) in [5.41, 5.74) is 0. The van der Waals surface area contributed by atoms with Gasteiger partial charge in [-0.15, -0.1) is 5.10 Å². The summed E-state index contributed by atoms with van der Waals surface area (Å²) in [7, 11) is 1.66. The number of rotatable bonds is 4. The van der Waals surface area contributed by atoms with Crippen LogP contribution < -0.4 is 4.90 Å². The molecule has 6 heteroatoms. The summed E-state index contributed by atoms with van der Waals surface area (Å²) in [6, 6.07) is 4.70. The average molecular weight is 263 g/mol. The van der Waals surface area contributed by atoms with Gasteiger partial charge in [0.15, 0.2) is 0 Å². The van der Waals surface area contributed by atoms with E-state index in [1.54, 1.807) is 14.0 Å². The molecule has 1 aliphatic heterocycles. The first-order chi connectivity index (χ1) is 9.28. The van der Waals surface area contributed by atoms with Crippen molar-refractivity contribution in [3.05, 3.63) is 29.5 Å². The second-order valence-electron chi connectivity index (χ2n) is 4.69. The Bertz CT molecular complexity index is 549. The summed E-state index contributed by atoms with van der Waals surface area (Å²) in [6.07, 6.45) is 2.12. The second kappa shape index (κ2) is 5.05. The van der Waals surface area contributed by atoms with Gasteiger partial charge in [-0.1, -0.05) is 5.10 Å². The van der Waals surface area contributed by atoms with Crippen molar-refractivity contribution in [2.24, 2.45) is 0 Å². The minimum Gasteiger partial charge on any atom is -0.461 e. The van der Waals surface area contributed by atoms with Crippen molar-refractivity contribution in [3.63, 3.8) is 0 Å². The van der Waals surface area contributed by atoms with Crippen LogP contribution in [-0.4, -0.2) is 23.9 Å². The molecule has 0 N–H and O–H groups in total. The zero-order valence-corrected chi connectivity index (χ0v) is 11.1. The summed E-state index contributed by atoms with van der Waals surface area (Å²) < 4.78 is 16.4. The minimum atomic E-state index is 0.172. The topological polar surface area (TPSA) is 64.5 Å². The van der Waals surface area contributed by atoms with Gasteiger partial charge in [0.25, 0.3) is 0 Å². The summed E-state index contributed by atoms with van der Waals surface area (Å²) in [5, 5.41) is 7.97. The summed E-state index contributed by atoms with van der Waals surface area (Å²) in [5.74, 6) is 2.35. The van der Waals surface area contributed by atoms with Crippen molar-refractivity contribution in [1.82, 2.24) is 10.2 Å². The molecule has 0 saturated carbocycles. The first-order valence-corrected chi connectivity index (χ1v) is 6.42. The Labute approximate surface area is 111 Å². The lowest BCUT2D eigenvalue weighted by Gasteiger charge is -2.20. The van der Waals surface area contributed by atoms with Crippen molar-refractivity contribution in [1.29, 1.82) is 0 Å². The molecule has 19 heavy (non-hydrogen) atoms. The van der Waals surface area contributed by atoms with Gasteiger partial charge in [0.2, 0.25) is 5.89 Å². The molecule has 0 aromatic carbocycles. The molecule has 3 rings (SSSR count). The van der Waals surface area contributed by atoms with E-state index in [-0.39, 0.29) is 6.04 Å². The lowest BCUT2D eigenvalue weighted by molar-refractivity contribution is 0.162. The van der Waals surface area contributed by atoms with Crippen molar-refractivity contribution in [3.8, 4) is 0 Å². The fraction of sp³-hybridized carbons (Fsp3) is 0.538. The van der Waals surface area contributed by atoms with E-state index in [1.807, 2.05) is 12.1 Å². The summed E-state index contributed by atoms with van der Waals surface area (Å²) in [4.78, 5) is 2.11. The smallest absolute Gasteiger partial charge is 0.318 e. The number of furan rings is 1. The monoisotopic (exact) mass is 263 g/mol. The van der Waals surface area contributed by atoms with Crippen molar-refractivity contribution >= 4 is 6.01 Å². The number of anilines is 1. The predicted octanol–water partition coefficient (Wildman–Crippen LogP) is 2.46. The standard InChI is InChI=1S/C13H17N3O3/c1-9-14-15-13(18-9)16-7-3-4-11(16)12-6-5-10(19-12)8-17-2/h5-6,11H,3-4,7-8H2,1-2H3. The van der Waals surface area contributed by atoms with E-state index in [2.05, 4.69) is 15.1 Å². The maximum absolute atomic E-state index is 5.81. The molecule has 1 aliphatic rings. The molecule has 1 unspecified atom stereocenters. The van der Waals surface area contributed by atoms with Gasteiger partial charge in [-0.05, 0) is 25.0 Å². The van der Waals surface area contributed by atoms with Gasteiger partial charge in [0.05, 0.1) is 6.04 Å². The number of hydrogen-bond donors (Lipinski definition) is 0. The minimum absolute atomic E-state index is 0.172. The number of nitrogens with zero attached hydrogens (tertiary/aromatic N) is 3. The van der Waals surface area contributed by atoms with Gasteiger partial charge >= 0.3 is 6.01 Å². The maximum atomic E-state index is 5.81. The highest BCUT2D eigenvalue weighted by Gasteiger charge is 2.31. The lowest BCUT2D eigenvalue weighted by atomic mass is 10.2. The highest BCUT2D eigenvalue weighted by Crippen LogP contribution is 2.36. The number of aryl methyl sites for hydroxylation is 1. The zero-order valence-electron chi connectivity index (χ0n) is 11.1. The predicted molar refractivity (Wildman–Crippen MR) is 67.8 cm³/mol. The molecule has 0 bridgehead atoms. The number of methoxy groups -OCH3 is 1. The van der Waals surface area contributed by atoms with E-state index in [1.165, 1.54) is 0 Å². The zero-order chi connectivity index (χ0) is 13.2. The quantitative estimate of drug-likeness (QED) is 0.844. The Kier molecular flexibility index (Phi) is 3.25. The number of ether oxygens (including phenoxy) is 1. The van der Waals surface area contributed by atoms with Crippen LogP contribution in [0.5, 0.6) is 0 Å². The molecule has 1 atom stereocenters. The van der Waals surface area contributed by atoms with E-state index in [4.69, 9.17) is 13.6 Å². The summed E-state index contributed by atoms with van der Waals surface area (Å²) >= 11 is 0. The van der Waals surface area contributed by atoms with E-state index < -0.39 is 0 Å². The van der Waals surface area contributed by atoms with Gasteiger partial charge in [-0.2, -0.15) is 0 Å². The largest absolute Gasteiger partial charge is 0.461 e. The van der Waals surface area contributed by atoms with Crippen molar-refractivity contribution < 1.29 is 13.6 Å². The molecule has 2 aromatic heterocycles. The molecule has 0 aliphatic carbocycles. The fourth-order valence-electron chi connectivity index (χ4n) is 2.49. The molecule has 1 fully saturated rings. The van der Waals surface area contributed by atoms with Crippen LogP contribution in [0.2, 0.25) is 0 Å². The van der Waals surface area contributed by atoms with Gasteiger partial charge in [0.1, 0.15) is 18.1 Å². The SMILES string of the molecule is COCc1ccc(C2CCCN2c2nnc(C)o2)o1. The first kappa shape index (κ1) is 12.2. The highest BCUT2D eigenvalue weighted by atomic mass is 16.5. The Morgan fingerprint density at radius 2 is 2.26 bits per heavy atom. The van der Waals surface area contributed by atoms with Crippen LogP contribution in [-0.2, 0) is 11.3 Å². The third-order valence-electron chi connectivity index (χ3n) is 3.31. The maximum Gasteiger partial charge on any atom is 0.318 e. The molecule has 2 aromatic rings. The molecule has 1 saturated heterocycles. The first-order valence-electron chi connectivity index (χ1n) is 6.42.